The molecule has 1 aliphatic rings. The average Bonchev–Trinajstić information content (AvgIpc) is 3.43. The Balaban J connectivity index is 1.39. The summed E-state index contributed by atoms with van der Waals surface area (Å²) in [6, 6.07) is 10.3. The van der Waals surface area contributed by atoms with Crippen LogP contribution < -0.4 is 10.6 Å². The first kappa shape index (κ1) is 20.7. The molecule has 1 aliphatic heterocycles. The third-order valence-electron chi connectivity index (χ3n) is 5.93. The molecule has 0 bridgehead atoms. The van der Waals surface area contributed by atoms with E-state index < -0.39 is 0 Å². The largest absolute Gasteiger partial charge is 0.353 e. The average molecular weight is 452 g/mol. The maximum Gasteiger partial charge on any atom is 0.352 e. The van der Waals surface area contributed by atoms with E-state index >= 15 is 0 Å². The third kappa shape index (κ3) is 3.90. The number of hydrogen-bond acceptors (Lipinski definition) is 8. The summed E-state index contributed by atoms with van der Waals surface area (Å²) >= 11 is 1.67. The van der Waals surface area contributed by atoms with Crippen LogP contribution in [0.4, 0.5) is 5.82 Å². The number of nitrogens with zero attached hydrogens (tertiary/aromatic N) is 7. The molecule has 1 fully saturated rings. The Hall–Kier alpha value is -3.14. The number of benzene rings is 1. The standard InChI is InChI=1S/C22H25N7O2S/c1-3-16-6-4-5-12-27(16)18-11-13-28-21(23-18)25-29(22(28)30)14-19-24-20(26-31-19)15-7-9-17(32-2)10-8-15/h7-11,13,16H,3-6,12,14H2,1-2H3. The smallest absolute Gasteiger partial charge is 0.352 e. The van der Waals surface area contributed by atoms with Gasteiger partial charge < -0.3 is 9.42 Å². The molecule has 1 aromatic carbocycles. The second-order valence-corrected chi connectivity index (χ2v) is 8.77. The van der Waals surface area contributed by atoms with E-state index in [1.165, 1.54) is 21.9 Å². The molecule has 9 nitrogen and oxygen atoms in total. The van der Waals surface area contributed by atoms with Crippen molar-refractivity contribution in [3.8, 4) is 11.4 Å². The van der Waals surface area contributed by atoms with E-state index in [-0.39, 0.29) is 12.2 Å². The summed E-state index contributed by atoms with van der Waals surface area (Å²) in [6.07, 6.45) is 8.43. The SMILES string of the molecule is CCC1CCCCN1c1ccn2c(=O)n(Cc3nc(-c4ccc(SC)cc4)no3)nc2n1. The van der Waals surface area contributed by atoms with Crippen LogP contribution in [0.15, 0.2) is 50.7 Å². The lowest BCUT2D eigenvalue weighted by molar-refractivity contribution is 0.364. The van der Waals surface area contributed by atoms with Crippen LogP contribution in [0.5, 0.6) is 0 Å². The van der Waals surface area contributed by atoms with Crippen LogP contribution in [-0.4, -0.2) is 48.1 Å². The van der Waals surface area contributed by atoms with Crippen molar-refractivity contribution < 1.29 is 4.52 Å². The number of anilines is 1. The highest BCUT2D eigenvalue weighted by Gasteiger charge is 2.23. The molecule has 5 rings (SSSR count). The fourth-order valence-electron chi connectivity index (χ4n) is 4.19. The van der Waals surface area contributed by atoms with Gasteiger partial charge in [0.15, 0.2) is 0 Å². The molecule has 32 heavy (non-hydrogen) atoms. The Morgan fingerprint density at radius 2 is 2.00 bits per heavy atom. The van der Waals surface area contributed by atoms with Crippen molar-refractivity contribution in [2.24, 2.45) is 0 Å². The van der Waals surface area contributed by atoms with Crippen LogP contribution in [0, 0.1) is 0 Å². The van der Waals surface area contributed by atoms with Crippen LogP contribution in [0.25, 0.3) is 17.2 Å². The molecule has 166 valence electrons. The van der Waals surface area contributed by atoms with Gasteiger partial charge in [-0.1, -0.05) is 12.1 Å². The normalized spacial score (nSPS) is 16.7. The Morgan fingerprint density at radius 1 is 1.16 bits per heavy atom. The van der Waals surface area contributed by atoms with Gasteiger partial charge in [-0.2, -0.15) is 9.97 Å². The van der Waals surface area contributed by atoms with Crippen molar-refractivity contribution in [1.82, 2.24) is 29.3 Å². The molecule has 0 amide bonds. The zero-order valence-electron chi connectivity index (χ0n) is 18.1. The number of fused-ring (bicyclic) bond motifs is 1. The lowest BCUT2D eigenvalue weighted by Crippen LogP contribution is -2.39. The molecule has 3 aromatic heterocycles. The van der Waals surface area contributed by atoms with Crippen LogP contribution in [0.3, 0.4) is 0 Å². The number of hydrogen-bond donors (Lipinski definition) is 0. The number of aromatic nitrogens is 6. The maximum atomic E-state index is 12.8. The summed E-state index contributed by atoms with van der Waals surface area (Å²) < 4.78 is 8.14. The first-order valence-electron chi connectivity index (χ1n) is 10.9. The lowest BCUT2D eigenvalue weighted by atomic mass is 10.0. The van der Waals surface area contributed by atoms with Gasteiger partial charge >= 0.3 is 5.69 Å². The number of thioether (sulfide) groups is 1. The molecule has 10 heteroatoms. The summed E-state index contributed by atoms with van der Waals surface area (Å²) in [7, 11) is 0. The van der Waals surface area contributed by atoms with E-state index in [9.17, 15) is 4.79 Å². The van der Waals surface area contributed by atoms with E-state index in [2.05, 4.69) is 32.0 Å². The summed E-state index contributed by atoms with van der Waals surface area (Å²) in [5.41, 5.74) is 0.576. The van der Waals surface area contributed by atoms with E-state index in [0.29, 0.717) is 23.5 Å². The number of piperidine rings is 1. The summed E-state index contributed by atoms with van der Waals surface area (Å²) in [4.78, 5) is 25.4. The first-order valence-corrected chi connectivity index (χ1v) is 12.1. The minimum Gasteiger partial charge on any atom is -0.353 e. The van der Waals surface area contributed by atoms with Gasteiger partial charge in [-0.15, -0.1) is 16.9 Å². The molecule has 0 radical (unpaired) electrons. The highest BCUT2D eigenvalue weighted by molar-refractivity contribution is 7.98. The molecule has 1 unspecified atom stereocenters. The van der Waals surface area contributed by atoms with E-state index in [1.807, 2.05) is 36.6 Å². The molecule has 4 aromatic rings. The second-order valence-electron chi connectivity index (χ2n) is 7.89. The molecular formula is C22H25N7O2S. The molecular weight excluding hydrogens is 426 g/mol. The minimum atomic E-state index is -0.284. The monoisotopic (exact) mass is 451 g/mol. The van der Waals surface area contributed by atoms with Gasteiger partial charge in [0.05, 0.1) is 0 Å². The van der Waals surface area contributed by atoms with Gasteiger partial charge in [0.2, 0.25) is 11.7 Å². The van der Waals surface area contributed by atoms with Crippen LogP contribution in [0.1, 0.15) is 38.5 Å². The van der Waals surface area contributed by atoms with Crippen LogP contribution in [0.2, 0.25) is 0 Å². The van der Waals surface area contributed by atoms with Gasteiger partial charge in [-0.05, 0) is 62.3 Å². The highest BCUT2D eigenvalue weighted by atomic mass is 32.2. The van der Waals surface area contributed by atoms with Crippen molar-refractivity contribution in [1.29, 1.82) is 0 Å². The predicted molar refractivity (Wildman–Crippen MR) is 123 cm³/mol. The van der Waals surface area contributed by atoms with Crippen LogP contribution >= 0.6 is 11.8 Å². The second kappa shape index (κ2) is 8.78. The van der Waals surface area contributed by atoms with Gasteiger partial charge in [0.1, 0.15) is 12.4 Å². The Bertz CT molecular complexity index is 1280. The Labute approximate surface area is 189 Å². The summed E-state index contributed by atoms with van der Waals surface area (Å²) in [5, 5.41) is 8.47. The van der Waals surface area contributed by atoms with E-state index in [1.54, 1.807) is 18.0 Å². The third-order valence-corrected chi connectivity index (χ3v) is 6.68. The van der Waals surface area contributed by atoms with Crippen LogP contribution in [-0.2, 0) is 6.54 Å². The minimum absolute atomic E-state index is 0.0920. The molecule has 1 atom stereocenters. The van der Waals surface area contributed by atoms with E-state index in [4.69, 9.17) is 4.52 Å². The van der Waals surface area contributed by atoms with Gasteiger partial charge in [-0.25, -0.2) is 13.9 Å². The summed E-state index contributed by atoms with van der Waals surface area (Å²) in [6.45, 7) is 3.28. The fourth-order valence-corrected chi connectivity index (χ4v) is 4.60. The molecule has 1 saturated heterocycles. The number of rotatable bonds is 6. The highest BCUT2D eigenvalue weighted by Crippen LogP contribution is 2.25. The van der Waals surface area contributed by atoms with Gasteiger partial charge in [-0.3, -0.25) is 0 Å². The Morgan fingerprint density at radius 3 is 2.78 bits per heavy atom. The molecule has 0 aliphatic carbocycles. The van der Waals surface area contributed by atoms with Crippen molar-refractivity contribution in [2.45, 2.75) is 50.1 Å². The zero-order chi connectivity index (χ0) is 22.1. The van der Waals surface area contributed by atoms with Gasteiger partial charge in [0, 0.05) is 29.2 Å². The van der Waals surface area contributed by atoms with Crippen molar-refractivity contribution in [3.05, 3.63) is 52.9 Å². The predicted octanol–water partition coefficient (Wildman–Crippen LogP) is 3.48. The Kier molecular flexibility index (Phi) is 5.69. The fraction of sp³-hybridized carbons (Fsp3) is 0.409. The molecule has 0 spiro atoms. The van der Waals surface area contributed by atoms with E-state index in [0.717, 1.165) is 35.7 Å². The van der Waals surface area contributed by atoms with Crippen molar-refractivity contribution in [2.75, 3.05) is 17.7 Å². The van der Waals surface area contributed by atoms with Gasteiger partial charge in [0.25, 0.3) is 5.78 Å². The molecule has 0 saturated carbocycles. The van der Waals surface area contributed by atoms with Crippen molar-refractivity contribution in [3.63, 3.8) is 0 Å². The lowest BCUT2D eigenvalue weighted by Gasteiger charge is -2.36. The quantitative estimate of drug-likeness (QED) is 0.411. The summed E-state index contributed by atoms with van der Waals surface area (Å²) in [5.74, 6) is 2.05. The maximum absolute atomic E-state index is 12.8. The topological polar surface area (TPSA) is 94.3 Å². The zero-order valence-corrected chi connectivity index (χ0v) is 19.0. The molecule has 4 heterocycles. The molecule has 0 N–H and O–H groups in total. The first-order chi connectivity index (χ1) is 15.7. The van der Waals surface area contributed by atoms with Crippen molar-refractivity contribution >= 4 is 23.4 Å².